The third-order valence-electron chi connectivity index (χ3n) is 2.98. The number of Topliss-reactive ketones (excluding diaryl/α,β-unsaturated/α-hetero) is 1. The zero-order chi connectivity index (χ0) is 13.3. The summed E-state index contributed by atoms with van der Waals surface area (Å²) in [4.78, 5) is 12.3. The zero-order valence-electron chi connectivity index (χ0n) is 12.3. The van der Waals surface area contributed by atoms with Gasteiger partial charge in [0.15, 0.2) is 5.78 Å². The first-order chi connectivity index (χ1) is 7.59. The fourth-order valence-electron chi connectivity index (χ4n) is 1.96. The number of carbonyl (C=O) groups excluding carboxylic acids is 1. The normalized spacial score (nSPS) is 19.2. The third kappa shape index (κ3) is 5.67. The van der Waals surface area contributed by atoms with Crippen molar-refractivity contribution < 1.29 is 9.53 Å². The zero-order valence-corrected chi connectivity index (χ0v) is 12.3. The van der Waals surface area contributed by atoms with Gasteiger partial charge < -0.3 is 4.74 Å². The number of rotatable bonds is 5. The first-order valence-corrected chi connectivity index (χ1v) is 6.74. The van der Waals surface area contributed by atoms with Crippen LogP contribution < -0.4 is 0 Å². The first kappa shape index (κ1) is 14.7. The molecule has 1 saturated carbocycles. The minimum absolute atomic E-state index is 0.0452. The Labute approximate surface area is 106 Å². The summed E-state index contributed by atoms with van der Waals surface area (Å²) >= 11 is 0. The lowest BCUT2D eigenvalue weighted by molar-refractivity contribution is -0.140. The highest BCUT2D eigenvalue weighted by molar-refractivity contribution is 5.84. The molecular formula is C15H28O2. The van der Waals surface area contributed by atoms with Crippen LogP contribution in [0.2, 0.25) is 0 Å². The van der Waals surface area contributed by atoms with Gasteiger partial charge in [-0.25, -0.2) is 0 Å². The molecule has 0 aromatic carbocycles. The van der Waals surface area contributed by atoms with Crippen molar-refractivity contribution in [2.24, 2.45) is 16.7 Å². The molecule has 0 heterocycles. The summed E-state index contributed by atoms with van der Waals surface area (Å²) in [6, 6.07) is 0. The number of hydrogen-bond donors (Lipinski definition) is 0. The Hall–Kier alpha value is -0.370. The van der Waals surface area contributed by atoms with Crippen LogP contribution in [0.1, 0.15) is 60.8 Å². The number of hydrogen-bond acceptors (Lipinski definition) is 2. The largest absolute Gasteiger partial charge is 0.370 e. The smallest absolute Gasteiger partial charge is 0.162 e. The highest BCUT2D eigenvalue weighted by Crippen LogP contribution is 2.33. The van der Waals surface area contributed by atoms with Gasteiger partial charge in [0.1, 0.15) is 6.10 Å². The standard InChI is InChI=1S/C15H28O2/c1-14(2,3)9-12(16)13(15(4,5)6)17-10-11-7-8-11/h11,13H,7-10H2,1-6H3. The number of ether oxygens (including phenoxy) is 1. The van der Waals surface area contributed by atoms with Gasteiger partial charge in [0, 0.05) is 6.42 Å². The Balaban J connectivity index is 2.57. The summed E-state index contributed by atoms with van der Waals surface area (Å²) < 4.78 is 5.89. The van der Waals surface area contributed by atoms with Crippen molar-refractivity contribution in [1.29, 1.82) is 0 Å². The van der Waals surface area contributed by atoms with Gasteiger partial charge >= 0.3 is 0 Å². The number of carbonyl (C=O) groups is 1. The fraction of sp³-hybridized carbons (Fsp3) is 0.933. The van der Waals surface area contributed by atoms with E-state index in [0.29, 0.717) is 12.3 Å². The lowest BCUT2D eigenvalue weighted by atomic mass is 9.80. The molecule has 0 spiro atoms. The van der Waals surface area contributed by atoms with Crippen LogP contribution in [0.5, 0.6) is 0 Å². The second-order valence-corrected chi connectivity index (χ2v) is 7.73. The SMILES string of the molecule is CC(C)(C)CC(=O)C(OCC1CC1)C(C)(C)C. The Bertz CT molecular complexity index is 264. The molecule has 0 aromatic rings. The highest BCUT2D eigenvalue weighted by atomic mass is 16.5. The Kier molecular flexibility index (Phi) is 4.40. The molecule has 1 aliphatic carbocycles. The van der Waals surface area contributed by atoms with Gasteiger partial charge in [0.05, 0.1) is 6.61 Å². The maximum atomic E-state index is 12.3. The summed E-state index contributed by atoms with van der Waals surface area (Å²) in [7, 11) is 0. The molecule has 0 aliphatic heterocycles. The van der Waals surface area contributed by atoms with Crippen molar-refractivity contribution in [2.75, 3.05) is 6.61 Å². The van der Waals surface area contributed by atoms with E-state index in [1.807, 2.05) is 0 Å². The molecule has 1 atom stereocenters. The highest BCUT2D eigenvalue weighted by Gasteiger charge is 2.35. The van der Waals surface area contributed by atoms with Crippen LogP contribution in [-0.4, -0.2) is 18.5 Å². The van der Waals surface area contributed by atoms with Crippen molar-refractivity contribution in [3.05, 3.63) is 0 Å². The van der Waals surface area contributed by atoms with Crippen molar-refractivity contribution in [3.8, 4) is 0 Å². The minimum Gasteiger partial charge on any atom is -0.370 e. The van der Waals surface area contributed by atoms with Gasteiger partial charge in [-0.1, -0.05) is 41.5 Å². The first-order valence-electron chi connectivity index (χ1n) is 6.74. The summed E-state index contributed by atoms with van der Waals surface area (Å²) in [6.07, 6.45) is 2.89. The van der Waals surface area contributed by atoms with Gasteiger partial charge in [-0.2, -0.15) is 0 Å². The Morgan fingerprint density at radius 3 is 2.06 bits per heavy atom. The fourth-order valence-corrected chi connectivity index (χ4v) is 1.96. The van der Waals surface area contributed by atoms with Crippen LogP contribution in [0.3, 0.4) is 0 Å². The minimum atomic E-state index is -0.248. The molecule has 1 fully saturated rings. The number of ketones is 1. The van der Waals surface area contributed by atoms with Gasteiger partial charge in [-0.3, -0.25) is 4.79 Å². The predicted molar refractivity (Wildman–Crippen MR) is 71.0 cm³/mol. The van der Waals surface area contributed by atoms with Crippen LogP contribution in [0.4, 0.5) is 0 Å². The molecule has 1 rings (SSSR count). The molecule has 17 heavy (non-hydrogen) atoms. The molecule has 2 heteroatoms. The summed E-state index contributed by atoms with van der Waals surface area (Å²) in [5.74, 6) is 0.966. The van der Waals surface area contributed by atoms with Crippen LogP contribution in [-0.2, 0) is 9.53 Å². The summed E-state index contributed by atoms with van der Waals surface area (Å²) in [5, 5.41) is 0. The molecule has 0 N–H and O–H groups in total. The van der Waals surface area contributed by atoms with E-state index < -0.39 is 0 Å². The van der Waals surface area contributed by atoms with Crippen LogP contribution >= 0.6 is 0 Å². The second-order valence-electron chi connectivity index (χ2n) is 7.73. The maximum Gasteiger partial charge on any atom is 0.162 e. The maximum absolute atomic E-state index is 12.3. The van der Waals surface area contributed by atoms with Gasteiger partial charge in [0.2, 0.25) is 0 Å². The van der Waals surface area contributed by atoms with Crippen molar-refractivity contribution in [2.45, 2.75) is 66.9 Å². The van der Waals surface area contributed by atoms with E-state index in [4.69, 9.17) is 4.74 Å². The predicted octanol–water partition coefficient (Wildman–Crippen LogP) is 3.83. The quantitative estimate of drug-likeness (QED) is 0.730. The lowest BCUT2D eigenvalue weighted by Gasteiger charge is -2.31. The van der Waals surface area contributed by atoms with Crippen LogP contribution in [0.25, 0.3) is 0 Å². The molecule has 1 aliphatic rings. The average Bonchev–Trinajstić information content (AvgIpc) is 2.81. The average molecular weight is 240 g/mol. The summed E-state index contributed by atoms with van der Waals surface area (Å²) in [5.41, 5.74) is -0.0548. The molecule has 0 aromatic heterocycles. The monoisotopic (exact) mass is 240 g/mol. The molecule has 100 valence electrons. The lowest BCUT2D eigenvalue weighted by Crippen LogP contribution is -2.39. The topological polar surface area (TPSA) is 26.3 Å². The van der Waals surface area contributed by atoms with Crippen LogP contribution in [0.15, 0.2) is 0 Å². The third-order valence-corrected chi connectivity index (χ3v) is 2.98. The van der Waals surface area contributed by atoms with Gasteiger partial charge in [-0.05, 0) is 29.6 Å². The van der Waals surface area contributed by atoms with E-state index in [9.17, 15) is 4.79 Å². The van der Waals surface area contributed by atoms with Crippen LogP contribution in [0, 0.1) is 16.7 Å². The Morgan fingerprint density at radius 1 is 1.18 bits per heavy atom. The molecule has 1 unspecified atom stereocenters. The molecular weight excluding hydrogens is 212 g/mol. The van der Waals surface area contributed by atoms with E-state index in [1.165, 1.54) is 12.8 Å². The van der Waals surface area contributed by atoms with Crippen molar-refractivity contribution in [3.63, 3.8) is 0 Å². The van der Waals surface area contributed by atoms with E-state index in [2.05, 4.69) is 41.5 Å². The second kappa shape index (κ2) is 5.09. The Morgan fingerprint density at radius 2 is 1.71 bits per heavy atom. The molecule has 2 nitrogen and oxygen atoms in total. The van der Waals surface area contributed by atoms with E-state index in [0.717, 1.165) is 6.61 Å². The van der Waals surface area contributed by atoms with E-state index >= 15 is 0 Å². The summed E-state index contributed by atoms with van der Waals surface area (Å²) in [6.45, 7) is 13.3. The molecule has 0 amide bonds. The molecule has 0 radical (unpaired) electrons. The van der Waals surface area contributed by atoms with E-state index in [1.54, 1.807) is 0 Å². The van der Waals surface area contributed by atoms with Crippen molar-refractivity contribution >= 4 is 5.78 Å². The van der Waals surface area contributed by atoms with E-state index in [-0.39, 0.29) is 22.7 Å². The van der Waals surface area contributed by atoms with Crippen molar-refractivity contribution in [1.82, 2.24) is 0 Å². The van der Waals surface area contributed by atoms with Gasteiger partial charge in [-0.15, -0.1) is 0 Å². The molecule has 0 saturated heterocycles. The van der Waals surface area contributed by atoms with Gasteiger partial charge in [0.25, 0.3) is 0 Å². The molecule has 0 bridgehead atoms.